The Labute approximate surface area is 120 Å². The maximum absolute atomic E-state index is 2.63. The first-order valence-corrected chi connectivity index (χ1v) is 9.04. The van der Waals surface area contributed by atoms with E-state index in [0.717, 1.165) is 23.7 Å². The van der Waals surface area contributed by atoms with Crippen LogP contribution in [0.15, 0.2) is 11.6 Å². The van der Waals surface area contributed by atoms with Crippen LogP contribution in [0.25, 0.3) is 0 Å². The minimum Gasteiger partial charge on any atom is -0.0822 e. The molecule has 3 aliphatic rings. The summed E-state index contributed by atoms with van der Waals surface area (Å²) in [5, 5.41) is 0. The number of hydrogen-bond acceptors (Lipinski definition) is 0. The summed E-state index contributed by atoms with van der Waals surface area (Å²) in [6.45, 7) is 2.35. The molecular formula is C19H32. The molecule has 0 aromatic carbocycles. The van der Waals surface area contributed by atoms with E-state index in [4.69, 9.17) is 0 Å². The molecule has 0 aromatic heterocycles. The van der Waals surface area contributed by atoms with Gasteiger partial charge in [-0.15, -0.1) is 0 Å². The Morgan fingerprint density at radius 3 is 1.95 bits per heavy atom. The van der Waals surface area contributed by atoms with Gasteiger partial charge in [-0.05, 0) is 75.0 Å². The van der Waals surface area contributed by atoms with E-state index in [-0.39, 0.29) is 0 Å². The summed E-state index contributed by atoms with van der Waals surface area (Å²) in [6, 6.07) is 0. The summed E-state index contributed by atoms with van der Waals surface area (Å²) >= 11 is 0. The highest BCUT2D eigenvalue weighted by Gasteiger charge is 2.30. The molecule has 0 aromatic rings. The first-order chi connectivity index (χ1) is 9.35. The summed E-state index contributed by atoms with van der Waals surface area (Å²) in [4.78, 5) is 0. The molecule has 0 spiro atoms. The van der Waals surface area contributed by atoms with Crippen molar-refractivity contribution in [1.82, 2.24) is 0 Å². The normalized spacial score (nSPS) is 39.1. The Morgan fingerprint density at radius 2 is 1.42 bits per heavy atom. The van der Waals surface area contributed by atoms with Gasteiger partial charge in [-0.2, -0.15) is 0 Å². The molecule has 3 rings (SSSR count). The van der Waals surface area contributed by atoms with Gasteiger partial charge in [0.1, 0.15) is 0 Å². The van der Waals surface area contributed by atoms with Crippen LogP contribution in [0, 0.1) is 23.7 Å². The van der Waals surface area contributed by atoms with Gasteiger partial charge in [0.2, 0.25) is 0 Å². The van der Waals surface area contributed by atoms with Crippen molar-refractivity contribution in [3.05, 3.63) is 11.6 Å². The van der Waals surface area contributed by atoms with E-state index in [2.05, 4.69) is 13.0 Å². The van der Waals surface area contributed by atoms with E-state index in [1.165, 1.54) is 51.4 Å². The van der Waals surface area contributed by atoms with Crippen molar-refractivity contribution < 1.29 is 0 Å². The van der Waals surface area contributed by atoms with E-state index in [1.807, 2.05) is 0 Å². The van der Waals surface area contributed by atoms with Crippen LogP contribution in [0.4, 0.5) is 0 Å². The fourth-order valence-electron chi connectivity index (χ4n) is 4.71. The van der Waals surface area contributed by atoms with Gasteiger partial charge in [0.05, 0.1) is 0 Å². The van der Waals surface area contributed by atoms with Crippen molar-refractivity contribution in [2.24, 2.45) is 23.7 Å². The van der Waals surface area contributed by atoms with E-state index in [9.17, 15) is 0 Å². The molecule has 0 nitrogen and oxygen atoms in total. The predicted molar refractivity (Wildman–Crippen MR) is 83.1 cm³/mol. The van der Waals surface area contributed by atoms with Crippen LogP contribution in [0.2, 0.25) is 0 Å². The lowest BCUT2D eigenvalue weighted by atomic mass is 9.68. The van der Waals surface area contributed by atoms with E-state index >= 15 is 0 Å². The molecule has 19 heavy (non-hydrogen) atoms. The van der Waals surface area contributed by atoms with Gasteiger partial charge in [-0.1, -0.05) is 44.3 Å². The first kappa shape index (κ1) is 13.7. The average molecular weight is 260 g/mol. The first-order valence-electron chi connectivity index (χ1n) is 9.04. The van der Waals surface area contributed by atoms with Crippen LogP contribution in [-0.4, -0.2) is 0 Å². The zero-order valence-electron chi connectivity index (χ0n) is 12.9. The summed E-state index contributed by atoms with van der Waals surface area (Å²) in [5.41, 5.74) is 1.77. The number of hydrogen-bond donors (Lipinski definition) is 0. The second kappa shape index (κ2) is 6.46. The molecule has 0 heterocycles. The lowest BCUT2D eigenvalue weighted by Crippen LogP contribution is -2.25. The van der Waals surface area contributed by atoms with Gasteiger partial charge >= 0.3 is 0 Å². The Hall–Kier alpha value is -0.260. The topological polar surface area (TPSA) is 0 Å². The third-order valence-corrected chi connectivity index (χ3v) is 6.08. The molecule has 3 aliphatic carbocycles. The summed E-state index contributed by atoms with van der Waals surface area (Å²) in [6.07, 6.45) is 20.6. The van der Waals surface area contributed by atoms with Gasteiger partial charge < -0.3 is 0 Å². The Balaban J connectivity index is 1.40. The van der Waals surface area contributed by atoms with E-state index in [1.54, 1.807) is 31.3 Å². The van der Waals surface area contributed by atoms with Gasteiger partial charge in [-0.3, -0.25) is 0 Å². The average Bonchev–Trinajstić information content (AvgIpc) is 3.25. The molecule has 0 aliphatic heterocycles. The molecule has 0 N–H and O–H groups in total. The zero-order valence-corrected chi connectivity index (χ0v) is 12.9. The summed E-state index contributed by atoms with van der Waals surface area (Å²) < 4.78 is 0. The quantitative estimate of drug-likeness (QED) is 0.534. The smallest absolute Gasteiger partial charge is 0.0231 e. The third-order valence-electron chi connectivity index (χ3n) is 6.08. The predicted octanol–water partition coefficient (Wildman–Crippen LogP) is 6.12. The lowest BCUT2D eigenvalue weighted by Gasteiger charge is -2.37. The second-order valence-electron chi connectivity index (χ2n) is 7.57. The van der Waals surface area contributed by atoms with Gasteiger partial charge in [0, 0.05) is 0 Å². The van der Waals surface area contributed by atoms with Gasteiger partial charge in [-0.25, -0.2) is 0 Å². The van der Waals surface area contributed by atoms with Crippen LogP contribution >= 0.6 is 0 Å². The fourth-order valence-corrected chi connectivity index (χ4v) is 4.71. The molecule has 0 amide bonds. The molecule has 0 atom stereocenters. The maximum atomic E-state index is 2.63. The molecule has 0 unspecified atom stereocenters. The summed E-state index contributed by atoms with van der Waals surface area (Å²) in [5.74, 6) is 4.24. The van der Waals surface area contributed by atoms with Crippen molar-refractivity contribution in [3.8, 4) is 0 Å². The fraction of sp³-hybridized carbons (Fsp3) is 0.895. The monoisotopic (exact) mass is 260 g/mol. The largest absolute Gasteiger partial charge is 0.0822 e. The molecule has 0 bridgehead atoms. The van der Waals surface area contributed by atoms with Crippen LogP contribution < -0.4 is 0 Å². The summed E-state index contributed by atoms with van der Waals surface area (Å²) in [7, 11) is 0. The zero-order chi connectivity index (χ0) is 13.1. The molecule has 108 valence electrons. The van der Waals surface area contributed by atoms with Gasteiger partial charge in [0.25, 0.3) is 0 Å². The molecule has 0 radical (unpaired) electrons. The minimum absolute atomic E-state index is 0.963. The molecular weight excluding hydrogens is 228 g/mol. The highest BCUT2D eigenvalue weighted by atomic mass is 14.4. The van der Waals surface area contributed by atoms with Crippen molar-refractivity contribution in [2.45, 2.75) is 84.0 Å². The molecule has 0 heteroatoms. The Kier molecular flexibility index (Phi) is 4.66. The van der Waals surface area contributed by atoms with Crippen molar-refractivity contribution in [1.29, 1.82) is 0 Å². The van der Waals surface area contributed by atoms with Gasteiger partial charge in [0.15, 0.2) is 0 Å². The van der Waals surface area contributed by atoms with Crippen LogP contribution in [0.3, 0.4) is 0 Å². The minimum atomic E-state index is 0.963. The van der Waals surface area contributed by atoms with Crippen LogP contribution in [0.5, 0.6) is 0 Å². The molecule has 3 fully saturated rings. The highest BCUT2D eigenvalue weighted by molar-refractivity contribution is 5.17. The Morgan fingerprint density at radius 1 is 0.842 bits per heavy atom. The van der Waals surface area contributed by atoms with Crippen molar-refractivity contribution in [2.75, 3.05) is 0 Å². The second-order valence-corrected chi connectivity index (χ2v) is 7.57. The third kappa shape index (κ3) is 3.86. The maximum Gasteiger partial charge on any atom is -0.0231 e. The van der Waals surface area contributed by atoms with E-state index < -0.39 is 0 Å². The standard InChI is InChI=1S/C19H32/c1-2-3-15-6-10-18(11-7-15)19-12-8-17(9-13-19)14-16-4-5-16/h14-15,17-19H,2-13H2,1H3. The van der Waals surface area contributed by atoms with E-state index in [0.29, 0.717) is 0 Å². The van der Waals surface area contributed by atoms with Crippen LogP contribution in [0.1, 0.15) is 84.0 Å². The lowest BCUT2D eigenvalue weighted by molar-refractivity contribution is 0.152. The highest BCUT2D eigenvalue weighted by Crippen LogP contribution is 2.43. The van der Waals surface area contributed by atoms with Crippen LogP contribution in [-0.2, 0) is 0 Å². The molecule has 3 saturated carbocycles. The number of rotatable bonds is 4. The number of allylic oxidation sites excluding steroid dienone is 2. The van der Waals surface area contributed by atoms with Crippen molar-refractivity contribution >= 4 is 0 Å². The van der Waals surface area contributed by atoms with Crippen molar-refractivity contribution in [3.63, 3.8) is 0 Å². The SMILES string of the molecule is CCCC1CCC(C2CCC(C=C3CC3)CC2)CC1. The Bertz CT molecular complexity index is 292. The molecule has 0 saturated heterocycles.